The van der Waals surface area contributed by atoms with Crippen molar-refractivity contribution in [3.8, 4) is 5.75 Å². The highest BCUT2D eigenvalue weighted by Gasteiger charge is 2.02. The average Bonchev–Trinajstić information content (AvgIpc) is 2.44. The van der Waals surface area contributed by atoms with Gasteiger partial charge < -0.3 is 15.4 Å². The first-order valence-corrected chi connectivity index (χ1v) is 6.89. The summed E-state index contributed by atoms with van der Waals surface area (Å²) in [7, 11) is 1.87. The summed E-state index contributed by atoms with van der Waals surface area (Å²) in [6.07, 6.45) is 2.30. The summed E-state index contributed by atoms with van der Waals surface area (Å²) in [6.45, 7) is 4.31. The number of benzene rings is 1. The summed E-state index contributed by atoms with van der Waals surface area (Å²) in [5.41, 5.74) is 1.16. The lowest BCUT2D eigenvalue weighted by atomic mass is 10.1. The second-order valence-electron chi connectivity index (χ2n) is 4.45. The zero-order valence-electron chi connectivity index (χ0n) is 11.9. The third-order valence-electron chi connectivity index (χ3n) is 2.73. The van der Waals surface area contributed by atoms with Crippen LogP contribution in [0.3, 0.4) is 0 Å². The lowest BCUT2D eigenvalue weighted by Gasteiger charge is -2.07. The Morgan fingerprint density at radius 2 is 1.95 bits per heavy atom. The molecule has 4 nitrogen and oxygen atoms in total. The normalized spacial score (nSPS) is 10.2. The molecular weight excluding hydrogens is 240 g/mol. The molecular formula is C15H24N2O2. The molecule has 2 N–H and O–H groups in total. The molecule has 0 saturated heterocycles. The molecule has 1 rings (SSSR count). The van der Waals surface area contributed by atoms with Gasteiger partial charge in [0.25, 0.3) is 0 Å². The topological polar surface area (TPSA) is 50.4 Å². The maximum atomic E-state index is 11.5. The van der Waals surface area contributed by atoms with Gasteiger partial charge in [0.05, 0.1) is 6.61 Å². The molecule has 0 aliphatic carbocycles. The number of ether oxygens (including phenoxy) is 1. The minimum atomic E-state index is 0.0987. The number of aryl methyl sites for hydroxylation is 1. The highest BCUT2D eigenvalue weighted by Crippen LogP contribution is 2.13. The van der Waals surface area contributed by atoms with Gasteiger partial charge in [-0.2, -0.15) is 0 Å². The van der Waals surface area contributed by atoms with Crippen molar-refractivity contribution >= 4 is 5.91 Å². The summed E-state index contributed by atoms with van der Waals surface area (Å²) in [4.78, 5) is 11.5. The number of carbonyl (C=O) groups is 1. The van der Waals surface area contributed by atoms with Crippen LogP contribution in [-0.4, -0.2) is 32.7 Å². The fourth-order valence-electron chi connectivity index (χ4n) is 1.65. The maximum Gasteiger partial charge on any atom is 0.220 e. The van der Waals surface area contributed by atoms with Gasteiger partial charge in [0.2, 0.25) is 5.91 Å². The van der Waals surface area contributed by atoms with Crippen LogP contribution in [0.2, 0.25) is 0 Å². The van der Waals surface area contributed by atoms with E-state index in [-0.39, 0.29) is 5.91 Å². The van der Waals surface area contributed by atoms with Crippen LogP contribution in [0.15, 0.2) is 24.3 Å². The monoisotopic (exact) mass is 264 g/mol. The van der Waals surface area contributed by atoms with Crippen molar-refractivity contribution in [2.45, 2.75) is 26.2 Å². The summed E-state index contributed by atoms with van der Waals surface area (Å²) < 4.78 is 5.51. The van der Waals surface area contributed by atoms with Crippen LogP contribution in [0.25, 0.3) is 0 Å². The molecule has 0 aromatic heterocycles. The Labute approximate surface area is 115 Å². The van der Waals surface area contributed by atoms with Crippen molar-refractivity contribution in [2.75, 3.05) is 26.7 Å². The largest absolute Gasteiger partial charge is 0.494 e. The molecule has 19 heavy (non-hydrogen) atoms. The fraction of sp³-hybridized carbons (Fsp3) is 0.533. The second-order valence-corrected chi connectivity index (χ2v) is 4.45. The molecule has 0 spiro atoms. The van der Waals surface area contributed by atoms with Gasteiger partial charge >= 0.3 is 0 Å². The van der Waals surface area contributed by atoms with E-state index in [1.165, 1.54) is 0 Å². The maximum absolute atomic E-state index is 11.5. The van der Waals surface area contributed by atoms with E-state index in [4.69, 9.17) is 4.74 Å². The Bertz CT molecular complexity index is 363. The van der Waals surface area contributed by atoms with Gasteiger partial charge in [-0.15, -0.1) is 0 Å². The Balaban J connectivity index is 2.27. The number of carbonyl (C=O) groups excluding carboxylic acids is 1. The lowest BCUT2D eigenvalue weighted by Crippen LogP contribution is -2.30. The SMILES string of the molecule is CCCOc1ccc(CCC(=O)NCCNC)cc1. The number of hydrogen-bond acceptors (Lipinski definition) is 3. The lowest BCUT2D eigenvalue weighted by molar-refractivity contribution is -0.121. The Hall–Kier alpha value is -1.55. The summed E-state index contributed by atoms with van der Waals surface area (Å²) in [6, 6.07) is 7.96. The van der Waals surface area contributed by atoms with E-state index in [1.54, 1.807) is 0 Å². The summed E-state index contributed by atoms with van der Waals surface area (Å²) in [5, 5.41) is 5.86. The molecule has 0 aliphatic heterocycles. The third kappa shape index (κ3) is 6.82. The van der Waals surface area contributed by atoms with Gasteiger partial charge in [0.15, 0.2) is 0 Å². The molecule has 0 saturated carbocycles. The summed E-state index contributed by atoms with van der Waals surface area (Å²) >= 11 is 0. The van der Waals surface area contributed by atoms with Crippen LogP contribution in [-0.2, 0) is 11.2 Å². The van der Waals surface area contributed by atoms with Crippen LogP contribution in [0.5, 0.6) is 5.75 Å². The van der Waals surface area contributed by atoms with Crippen LogP contribution in [0.4, 0.5) is 0 Å². The van der Waals surface area contributed by atoms with E-state index >= 15 is 0 Å². The van der Waals surface area contributed by atoms with Gasteiger partial charge in [0.1, 0.15) is 5.75 Å². The van der Waals surface area contributed by atoms with Gasteiger partial charge in [-0.05, 0) is 37.6 Å². The Kier molecular flexibility index (Phi) is 7.66. The predicted molar refractivity (Wildman–Crippen MR) is 77.5 cm³/mol. The molecule has 0 radical (unpaired) electrons. The fourth-order valence-corrected chi connectivity index (χ4v) is 1.65. The minimum Gasteiger partial charge on any atom is -0.494 e. The minimum absolute atomic E-state index is 0.0987. The first kappa shape index (κ1) is 15.5. The van der Waals surface area contributed by atoms with Crippen molar-refractivity contribution in [3.63, 3.8) is 0 Å². The quantitative estimate of drug-likeness (QED) is 0.668. The third-order valence-corrected chi connectivity index (χ3v) is 2.73. The molecule has 0 atom stereocenters. The van der Waals surface area contributed by atoms with Crippen LogP contribution in [0, 0.1) is 0 Å². The molecule has 1 amide bonds. The van der Waals surface area contributed by atoms with Gasteiger partial charge in [-0.25, -0.2) is 0 Å². The van der Waals surface area contributed by atoms with Crippen molar-refractivity contribution in [2.24, 2.45) is 0 Å². The van der Waals surface area contributed by atoms with Gasteiger partial charge in [-0.3, -0.25) is 4.79 Å². The van der Waals surface area contributed by atoms with E-state index < -0.39 is 0 Å². The van der Waals surface area contributed by atoms with E-state index in [0.29, 0.717) is 13.0 Å². The van der Waals surface area contributed by atoms with Crippen molar-refractivity contribution in [1.82, 2.24) is 10.6 Å². The predicted octanol–water partition coefficient (Wildman–Crippen LogP) is 1.74. The van der Waals surface area contributed by atoms with E-state index in [0.717, 1.165) is 37.3 Å². The van der Waals surface area contributed by atoms with Crippen molar-refractivity contribution in [3.05, 3.63) is 29.8 Å². The van der Waals surface area contributed by atoms with E-state index in [9.17, 15) is 4.79 Å². The molecule has 1 aromatic rings. The first-order valence-electron chi connectivity index (χ1n) is 6.89. The van der Waals surface area contributed by atoms with E-state index in [2.05, 4.69) is 17.6 Å². The standard InChI is InChI=1S/C15H24N2O2/c1-3-12-19-14-7-4-13(5-8-14)6-9-15(18)17-11-10-16-2/h4-5,7-8,16H,3,6,9-12H2,1-2H3,(H,17,18). The number of hydrogen-bond donors (Lipinski definition) is 2. The van der Waals surface area contributed by atoms with E-state index in [1.807, 2.05) is 31.3 Å². The van der Waals surface area contributed by atoms with Crippen molar-refractivity contribution < 1.29 is 9.53 Å². The number of amides is 1. The smallest absolute Gasteiger partial charge is 0.220 e. The van der Waals surface area contributed by atoms with Crippen LogP contribution >= 0.6 is 0 Å². The second kappa shape index (κ2) is 9.39. The number of rotatable bonds is 9. The highest BCUT2D eigenvalue weighted by atomic mass is 16.5. The highest BCUT2D eigenvalue weighted by molar-refractivity contribution is 5.76. The molecule has 1 aromatic carbocycles. The van der Waals surface area contributed by atoms with Crippen LogP contribution in [0.1, 0.15) is 25.3 Å². The number of likely N-dealkylation sites (N-methyl/N-ethyl adjacent to an activating group) is 1. The first-order chi connectivity index (χ1) is 9.26. The molecule has 4 heteroatoms. The Morgan fingerprint density at radius 1 is 1.21 bits per heavy atom. The van der Waals surface area contributed by atoms with Crippen molar-refractivity contribution in [1.29, 1.82) is 0 Å². The average molecular weight is 264 g/mol. The van der Waals surface area contributed by atoms with Crippen LogP contribution < -0.4 is 15.4 Å². The summed E-state index contributed by atoms with van der Waals surface area (Å²) in [5.74, 6) is 0.991. The molecule has 106 valence electrons. The molecule has 0 unspecified atom stereocenters. The zero-order chi connectivity index (χ0) is 13.9. The zero-order valence-corrected chi connectivity index (χ0v) is 11.9. The molecule has 0 aliphatic rings. The molecule has 0 heterocycles. The molecule has 0 bridgehead atoms. The van der Waals surface area contributed by atoms with Gasteiger partial charge in [0, 0.05) is 19.5 Å². The Morgan fingerprint density at radius 3 is 2.58 bits per heavy atom. The molecule has 0 fully saturated rings. The van der Waals surface area contributed by atoms with Gasteiger partial charge in [-0.1, -0.05) is 19.1 Å². The number of nitrogens with one attached hydrogen (secondary N) is 2.